The van der Waals surface area contributed by atoms with Gasteiger partial charge in [0.2, 0.25) is 0 Å². The monoisotopic (exact) mass is 264 g/mol. The molecule has 3 nitrogen and oxygen atoms in total. The van der Waals surface area contributed by atoms with Gasteiger partial charge in [-0.2, -0.15) is 5.26 Å². The number of hydrogen-bond donors (Lipinski definition) is 2. The summed E-state index contributed by atoms with van der Waals surface area (Å²) in [7, 11) is 0. The normalized spacial score (nSPS) is 12.4. The highest BCUT2D eigenvalue weighted by atomic mass is 19.1. The number of aliphatic hydroxyl groups is 1. The van der Waals surface area contributed by atoms with E-state index < -0.39 is 6.10 Å². The molecule has 0 aliphatic heterocycles. The van der Waals surface area contributed by atoms with Crippen molar-refractivity contribution in [2.24, 2.45) is 5.92 Å². The van der Waals surface area contributed by atoms with Crippen molar-refractivity contribution in [3.8, 4) is 6.07 Å². The number of benzene rings is 1. The minimum absolute atomic E-state index is 0.274. The Labute approximate surface area is 114 Å². The molecule has 0 aliphatic rings. The zero-order chi connectivity index (χ0) is 14.3. The van der Waals surface area contributed by atoms with Crippen LogP contribution in [0.4, 0.5) is 4.39 Å². The lowest BCUT2D eigenvalue weighted by Crippen LogP contribution is -2.32. The lowest BCUT2D eigenvalue weighted by molar-refractivity contribution is 0.101. The summed E-state index contributed by atoms with van der Waals surface area (Å²) in [6.45, 7) is 4.95. The number of hydrogen-bond acceptors (Lipinski definition) is 3. The second-order valence-electron chi connectivity index (χ2n) is 4.69. The van der Waals surface area contributed by atoms with Crippen molar-refractivity contribution in [1.82, 2.24) is 5.32 Å². The average Bonchev–Trinajstić information content (AvgIpc) is 2.40. The topological polar surface area (TPSA) is 56.0 Å². The molecule has 2 N–H and O–H groups in total. The maximum Gasteiger partial charge on any atom is 0.123 e. The predicted octanol–water partition coefficient (Wildman–Crippen LogP) is 2.58. The van der Waals surface area contributed by atoms with Crippen LogP contribution in [-0.4, -0.2) is 17.8 Å². The second-order valence-corrected chi connectivity index (χ2v) is 4.69. The van der Waals surface area contributed by atoms with Crippen molar-refractivity contribution in [1.29, 1.82) is 5.26 Å². The third-order valence-electron chi connectivity index (χ3n) is 3.45. The van der Waals surface area contributed by atoms with E-state index >= 15 is 0 Å². The van der Waals surface area contributed by atoms with E-state index in [9.17, 15) is 9.50 Å². The standard InChI is InChI=1S/C15H21FN2O/c1-3-11(4-2)15(19)10-18-9-13-7-14(16)6-5-12(13)8-17/h5-7,11,15,18-19H,3-4,9-10H2,1-2H3. The van der Waals surface area contributed by atoms with Crippen LogP contribution in [0.5, 0.6) is 0 Å². The summed E-state index contributed by atoms with van der Waals surface area (Å²) in [6.07, 6.45) is 1.46. The predicted molar refractivity (Wildman–Crippen MR) is 72.9 cm³/mol. The molecule has 0 bridgehead atoms. The van der Waals surface area contributed by atoms with E-state index in [1.165, 1.54) is 18.2 Å². The van der Waals surface area contributed by atoms with Gasteiger partial charge in [-0.25, -0.2) is 4.39 Å². The summed E-state index contributed by atoms with van der Waals surface area (Å²) in [4.78, 5) is 0. The fraction of sp³-hybridized carbons (Fsp3) is 0.533. The quantitative estimate of drug-likeness (QED) is 0.796. The van der Waals surface area contributed by atoms with E-state index in [1.807, 2.05) is 6.07 Å². The molecule has 1 unspecified atom stereocenters. The Morgan fingerprint density at radius 1 is 1.37 bits per heavy atom. The van der Waals surface area contributed by atoms with Crippen molar-refractivity contribution in [2.45, 2.75) is 39.3 Å². The average molecular weight is 264 g/mol. The Bertz CT molecular complexity index is 438. The van der Waals surface area contributed by atoms with Gasteiger partial charge >= 0.3 is 0 Å². The van der Waals surface area contributed by atoms with Crippen LogP contribution in [0.2, 0.25) is 0 Å². The third-order valence-corrected chi connectivity index (χ3v) is 3.45. The maximum absolute atomic E-state index is 13.1. The van der Waals surface area contributed by atoms with Gasteiger partial charge in [-0.05, 0) is 29.7 Å². The van der Waals surface area contributed by atoms with Crippen LogP contribution in [0.15, 0.2) is 18.2 Å². The number of halogens is 1. The molecule has 0 saturated heterocycles. The first-order valence-electron chi connectivity index (χ1n) is 6.69. The van der Waals surface area contributed by atoms with E-state index in [-0.39, 0.29) is 11.7 Å². The first-order valence-corrected chi connectivity index (χ1v) is 6.69. The fourth-order valence-corrected chi connectivity index (χ4v) is 2.17. The summed E-state index contributed by atoms with van der Waals surface area (Å²) in [5, 5.41) is 22.0. The van der Waals surface area contributed by atoms with Crippen molar-refractivity contribution in [2.75, 3.05) is 6.54 Å². The molecule has 0 amide bonds. The molecule has 4 heteroatoms. The Morgan fingerprint density at radius 3 is 2.63 bits per heavy atom. The number of nitriles is 1. The van der Waals surface area contributed by atoms with Crippen LogP contribution in [-0.2, 0) is 6.54 Å². The summed E-state index contributed by atoms with van der Waals surface area (Å²) >= 11 is 0. The molecule has 1 aromatic rings. The number of nitrogens with one attached hydrogen (secondary N) is 1. The van der Waals surface area contributed by atoms with Crippen LogP contribution in [0.25, 0.3) is 0 Å². The summed E-state index contributed by atoms with van der Waals surface area (Å²) in [5.41, 5.74) is 1.09. The molecule has 1 atom stereocenters. The van der Waals surface area contributed by atoms with Gasteiger partial charge in [0.15, 0.2) is 0 Å². The van der Waals surface area contributed by atoms with Crippen LogP contribution < -0.4 is 5.32 Å². The first-order chi connectivity index (χ1) is 9.12. The van der Waals surface area contributed by atoms with Gasteiger partial charge in [0, 0.05) is 13.1 Å². The van der Waals surface area contributed by atoms with Crippen LogP contribution >= 0.6 is 0 Å². The molecule has 0 fully saturated rings. The minimum Gasteiger partial charge on any atom is -0.392 e. The molecular formula is C15H21FN2O. The molecule has 0 saturated carbocycles. The highest BCUT2D eigenvalue weighted by molar-refractivity contribution is 5.37. The molecule has 0 aromatic heterocycles. The van der Waals surface area contributed by atoms with E-state index in [0.717, 1.165) is 12.8 Å². The van der Waals surface area contributed by atoms with Gasteiger partial charge in [0.1, 0.15) is 5.82 Å². The molecule has 1 rings (SSSR count). The Morgan fingerprint density at radius 2 is 2.05 bits per heavy atom. The zero-order valence-electron chi connectivity index (χ0n) is 11.5. The molecule has 0 aliphatic carbocycles. The van der Waals surface area contributed by atoms with Crippen LogP contribution in [0, 0.1) is 23.1 Å². The third kappa shape index (κ3) is 4.62. The van der Waals surface area contributed by atoms with E-state index in [2.05, 4.69) is 19.2 Å². The van der Waals surface area contributed by atoms with Crippen molar-refractivity contribution in [3.63, 3.8) is 0 Å². The molecule has 0 spiro atoms. The van der Waals surface area contributed by atoms with Crippen molar-refractivity contribution in [3.05, 3.63) is 35.1 Å². The number of rotatable bonds is 7. The van der Waals surface area contributed by atoms with E-state index in [1.54, 1.807) is 0 Å². The SMILES string of the molecule is CCC(CC)C(O)CNCc1cc(F)ccc1C#N. The highest BCUT2D eigenvalue weighted by Gasteiger charge is 2.15. The van der Waals surface area contributed by atoms with E-state index in [4.69, 9.17) is 5.26 Å². The summed E-state index contributed by atoms with van der Waals surface area (Å²) in [5.74, 6) is -0.0770. The minimum atomic E-state index is -0.408. The van der Waals surface area contributed by atoms with Crippen molar-refractivity contribution < 1.29 is 9.50 Å². The largest absolute Gasteiger partial charge is 0.392 e. The first kappa shape index (κ1) is 15.6. The second kappa shape index (κ2) is 7.88. The van der Waals surface area contributed by atoms with Gasteiger partial charge in [-0.1, -0.05) is 26.7 Å². The van der Waals surface area contributed by atoms with Crippen molar-refractivity contribution >= 4 is 0 Å². The Balaban J connectivity index is 2.54. The molecule has 1 aromatic carbocycles. The zero-order valence-corrected chi connectivity index (χ0v) is 11.5. The maximum atomic E-state index is 13.1. The molecular weight excluding hydrogens is 243 g/mol. The molecule has 104 valence electrons. The molecule has 0 radical (unpaired) electrons. The van der Waals surface area contributed by atoms with Gasteiger partial charge in [-0.3, -0.25) is 0 Å². The van der Waals surface area contributed by atoms with Gasteiger partial charge in [0.05, 0.1) is 17.7 Å². The Kier molecular flexibility index (Phi) is 6.48. The number of aliphatic hydroxyl groups excluding tert-OH is 1. The van der Waals surface area contributed by atoms with E-state index in [0.29, 0.717) is 24.2 Å². The fourth-order valence-electron chi connectivity index (χ4n) is 2.17. The number of nitrogens with zero attached hydrogens (tertiary/aromatic N) is 1. The summed E-state index contributed by atoms with van der Waals surface area (Å²) < 4.78 is 13.1. The van der Waals surface area contributed by atoms with Gasteiger partial charge in [0.25, 0.3) is 0 Å². The van der Waals surface area contributed by atoms with Crippen LogP contribution in [0.3, 0.4) is 0 Å². The van der Waals surface area contributed by atoms with Gasteiger partial charge < -0.3 is 10.4 Å². The molecule has 0 heterocycles. The lowest BCUT2D eigenvalue weighted by Gasteiger charge is -2.20. The smallest absolute Gasteiger partial charge is 0.123 e. The molecule has 19 heavy (non-hydrogen) atoms. The Hall–Kier alpha value is -1.44. The summed E-state index contributed by atoms with van der Waals surface area (Å²) in [6, 6.07) is 6.15. The van der Waals surface area contributed by atoms with Crippen LogP contribution in [0.1, 0.15) is 37.8 Å². The lowest BCUT2D eigenvalue weighted by atomic mass is 9.96. The highest BCUT2D eigenvalue weighted by Crippen LogP contribution is 2.13. The van der Waals surface area contributed by atoms with Gasteiger partial charge in [-0.15, -0.1) is 0 Å².